The molecule has 1 aromatic carbocycles. The van der Waals surface area contributed by atoms with E-state index in [9.17, 15) is 14.0 Å². The number of anilines is 1. The second kappa shape index (κ2) is 12.1. The van der Waals surface area contributed by atoms with Gasteiger partial charge in [0.1, 0.15) is 10.7 Å². The maximum atomic E-state index is 14.0. The second-order valence-corrected chi connectivity index (χ2v) is 8.06. The molecule has 1 N–H and O–H groups in total. The number of carbonyl (C=O) groups is 2. The first-order chi connectivity index (χ1) is 15.6. The highest BCUT2D eigenvalue weighted by Crippen LogP contribution is 2.24. The van der Waals surface area contributed by atoms with Crippen LogP contribution < -0.4 is 10.2 Å². The summed E-state index contributed by atoms with van der Waals surface area (Å²) < 4.78 is 21.0. The van der Waals surface area contributed by atoms with Crippen molar-refractivity contribution < 1.29 is 18.7 Å². The van der Waals surface area contributed by atoms with Gasteiger partial charge in [-0.3, -0.25) is 14.5 Å². The highest BCUT2D eigenvalue weighted by atomic mass is 32.1. The third-order valence-electron chi connectivity index (χ3n) is 4.77. The van der Waals surface area contributed by atoms with E-state index >= 15 is 0 Å². The Labute approximate surface area is 190 Å². The number of carbonyl (C=O) groups excluding carboxylic acids is 2. The molecule has 0 aliphatic carbocycles. The van der Waals surface area contributed by atoms with E-state index in [0.29, 0.717) is 28.5 Å². The van der Waals surface area contributed by atoms with Gasteiger partial charge in [-0.05, 0) is 24.5 Å². The standard InChI is InChI=1S/C22H26FN5O3S/c1-31-14-8-20(29)28(12-7-17-5-2-3-6-18(17)23)22-26-15-19(32-22)21(30)25-9-4-11-27-13-10-24-16-27/h2-3,5-6,10,13,15-16H,4,7-9,11-12,14H2,1H3,(H,25,30). The van der Waals surface area contributed by atoms with Crippen molar-refractivity contribution in [2.24, 2.45) is 0 Å². The molecule has 10 heteroatoms. The lowest BCUT2D eigenvalue weighted by Gasteiger charge is -2.20. The zero-order valence-electron chi connectivity index (χ0n) is 17.9. The molecule has 0 aliphatic rings. The number of imidazole rings is 1. The van der Waals surface area contributed by atoms with E-state index in [2.05, 4.69) is 15.3 Å². The zero-order valence-corrected chi connectivity index (χ0v) is 18.7. The van der Waals surface area contributed by atoms with E-state index in [1.807, 2.05) is 10.8 Å². The molecule has 2 heterocycles. The number of aromatic nitrogens is 3. The molecule has 3 rings (SSSR count). The highest BCUT2D eigenvalue weighted by Gasteiger charge is 2.21. The number of hydrogen-bond acceptors (Lipinski definition) is 6. The van der Waals surface area contributed by atoms with Crippen LogP contribution in [0.2, 0.25) is 0 Å². The van der Waals surface area contributed by atoms with Crippen LogP contribution in [0.15, 0.2) is 49.2 Å². The zero-order chi connectivity index (χ0) is 22.8. The number of rotatable bonds is 12. The van der Waals surface area contributed by atoms with Gasteiger partial charge in [0.2, 0.25) is 5.91 Å². The molecule has 0 atom stereocenters. The number of thiazole rings is 1. The summed E-state index contributed by atoms with van der Waals surface area (Å²) in [7, 11) is 1.52. The molecule has 0 saturated heterocycles. The molecule has 0 bridgehead atoms. The lowest BCUT2D eigenvalue weighted by Crippen LogP contribution is -2.33. The second-order valence-electron chi connectivity index (χ2n) is 7.05. The molecule has 0 fully saturated rings. The average molecular weight is 460 g/mol. The predicted molar refractivity (Wildman–Crippen MR) is 120 cm³/mol. The molecule has 0 spiro atoms. The Morgan fingerprint density at radius 2 is 2.16 bits per heavy atom. The van der Waals surface area contributed by atoms with Gasteiger partial charge in [0, 0.05) is 39.1 Å². The monoisotopic (exact) mass is 459 g/mol. The fraction of sp³-hybridized carbons (Fsp3) is 0.364. The summed E-state index contributed by atoms with van der Waals surface area (Å²) in [5.74, 6) is -0.741. The van der Waals surface area contributed by atoms with Crippen LogP contribution in [0.3, 0.4) is 0 Å². The highest BCUT2D eigenvalue weighted by molar-refractivity contribution is 7.17. The number of amides is 2. The van der Waals surface area contributed by atoms with E-state index in [4.69, 9.17) is 4.74 Å². The molecule has 0 saturated carbocycles. The fourth-order valence-electron chi connectivity index (χ4n) is 3.05. The number of hydrogen-bond donors (Lipinski definition) is 1. The molecule has 0 radical (unpaired) electrons. The van der Waals surface area contributed by atoms with E-state index in [1.54, 1.807) is 30.7 Å². The molecule has 8 nitrogen and oxygen atoms in total. The Hall–Kier alpha value is -3.11. The van der Waals surface area contributed by atoms with Crippen molar-refractivity contribution in [3.05, 3.63) is 65.4 Å². The summed E-state index contributed by atoms with van der Waals surface area (Å²) in [4.78, 5) is 35.4. The van der Waals surface area contributed by atoms with E-state index in [1.165, 1.54) is 24.3 Å². The topological polar surface area (TPSA) is 89.4 Å². The van der Waals surface area contributed by atoms with Crippen molar-refractivity contribution in [1.29, 1.82) is 0 Å². The predicted octanol–water partition coefficient (Wildman–Crippen LogP) is 2.91. The molecule has 170 valence electrons. The van der Waals surface area contributed by atoms with Crippen LogP contribution >= 0.6 is 11.3 Å². The maximum absolute atomic E-state index is 14.0. The fourth-order valence-corrected chi connectivity index (χ4v) is 3.92. The first-order valence-corrected chi connectivity index (χ1v) is 11.1. The van der Waals surface area contributed by atoms with Crippen molar-refractivity contribution in [2.45, 2.75) is 25.8 Å². The van der Waals surface area contributed by atoms with Gasteiger partial charge in [-0.15, -0.1) is 0 Å². The molecule has 3 aromatic rings. The number of nitrogens with zero attached hydrogens (tertiary/aromatic N) is 4. The summed E-state index contributed by atoms with van der Waals surface area (Å²) in [5, 5.41) is 3.28. The van der Waals surface area contributed by atoms with Crippen LogP contribution in [0, 0.1) is 5.82 Å². The minimum atomic E-state index is -0.313. The summed E-state index contributed by atoms with van der Waals surface area (Å²) in [6.45, 7) is 1.79. The average Bonchev–Trinajstić information content (AvgIpc) is 3.49. The summed E-state index contributed by atoms with van der Waals surface area (Å²) >= 11 is 1.14. The van der Waals surface area contributed by atoms with Gasteiger partial charge in [-0.25, -0.2) is 14.4 Å². The van der Waals surface area contributed by atoms with Crippen molar-refractivity contribution in [2.75, 3.05) is 31.7 Å². The minimum Gasteiger partial charge on any atom is -0.384 e. The Morgan fingerprint density at radius 1 is 1.31 bits per heavy atom. The maximum Gasteiger partial charge on any atom is 0.263 e. The van der Waals surface area contributed by atoms with Gasteiger partial charge in [-0.1, -0.05) is 29.5 Å². The van der Waals surface area contributed by atoms with Gasteiger partial charge >= 0.3 is 0 Å². The number of ether oxygens (including phenoxy) is 1. The molecular weight excluding hydrogens is 433 g/mol. The van der Waals surface area contributed by atoms with Crippen molar-refractivity contribution in [3.8, 4) is 0 Å². The van der Waals surface area contributed by atoms with Crippen LogP contribution in [0.25, 0.3) is 0 Å². The van der Waals surface area contributed by atoms with Gasteiger partial charge in [-0.2, -0.15) is 0 Å². The van der Waals surface area contributed by atoms with Crippen LogP contribution in [0.4, 0.5) is 9.52 Å². The lowest BCUT2D eigenvalue weighted by atomic mass is 10.1. The number of benzene rings is 1. The van der Waals surface area contributed by atoms with Gasteiger partial charge in [0.25, 0.3) is 5.91 Å². The lowest BCUT2D eigenvalue weighted by molar-refractivity contribution is -0.119. The summed E-state index contributed by atoms with van der Waals surface area (Å²) in [6, 6.07) is 6.47. The number of aryl methyl sites for hydroxylation is 1. The minimum absolute atomic E-state index is 0.170. The SMILES string of the molecule is COCCC(=O)N(CCc1ccccc1F)c1ncc(C(=O)NCCCn2ccnc2)s1. The van der Waals surface area contributed by atoms with Crippen LogP contribution in [0.5, 0.6) is 0 Å². The summed E-state index contributed by atoms with van der Waals surface area (Å²) in [6.07, 6.45) is 8.04. The molecule has 0 unspecified atom stereocenters. The Morgan fingerprint density at radius 3 is 2.91 bits per heavy atom. The van der Waals surface area contributed by atoms with Gasteiger partial charge in [0.05, 0.1) is 25.6 Å². The molecule has 0 aliphatic heterocycles. The van der Waals surface area contributed by atoms with Crippen molar-refractivity contribution in [1.82, 2.24) is 19.9 Å². The molecule has 2 aromatic heterocycles. The van der Waals surface area contributed by atoms with Crippen molar-refractivity contribution >= 4 is 28.3 Å². The van der Waals surface area contributed by atoms with E-state index in [0.717, 1.165) is 24.3 Å². The van der Waals surface area contributed by atoms with E-state index < -0.39 is 0 Å². The molecular formula is C22H26FN5O3S. The third-order valence-corrected chi connectivity index (χ3v) is 5.79. The first kappa shape index (κ1) is 23.6. The molecule has 2 amide bonds. The van der Waals surface area contributed by atoms with Crippen LogP contribution in [-0.2, 0) is 22.5 Å². The largest absolute Gasteiger partial charge is 0.384 e. The number of nitrogens with one attached hydrogen (secondary N) is 1. The smallest absolute Gasteiger partial charge is 0.263 e. The van der Waals surface area contributed by atoms with Crippen molar-refractivity contribution in [3.63, 3.8) is 0 Å². The van der Waals surface area contributed by atoms with Crippen LogP contribution in [-0.4, -0.2) is 53.2 Å². The quantitative estimate of drug-likeness (QED) is 0.421. The normalized spacial score (nSPS) is 10.8. The Kier molecular flexibility index (Phi) is 8.88. The van der Waals surface area contributed by atoms with Crippen LogP contribution in [0.1, 0.15) is 28.1 Å². The number of halogens is 1. The van der Waals surface area contributed by atoms with E-state index in [-0.39, 0.29) is 37.2 Å². The summed E-state index contributed by atoms with van der Waals surface area (Å²) in [5.41, 5.74) is 0.518. The Balaban J connectivity index is 1.60. The molecule has 32 heavy (non-hydrogen) atoms. The third kappa shape index (κ3) is 6.69. The number of methoxy groups -OCH3 is 1. The van der Waals surface area contributed by atoms with Gasteiger partial charge < -0.3 is 14.6 Å². The van der Waals surface area contributed by atoms with Gasteiger partial charge in [0.15, 0.2) is 5.13 Å². The Bertz CT molecular complexity index is 1010. The first-order valence-electron chi connectivity index (χ1n) is 10.3.